The van der Waals surface area contributed by atoms with Gasteiger partial charge in [-0.1, -0.05) is 47.2 Å². The number of thiocarbonyl (C=S) groups is 1. The van der Waals surface area contributed by atoms with Crippen LogP contribution in [-0.2, 0) is 4.79 Å². The highest BCUT2D eigenvalue weighted by molar-refractivity contribution is 8.26. The van der Waals surface area contributed by atoms with Crippen LogP contribution in [0.5, 0.6) is 0 Å². The van der Waals surface area contributed by atoms with E-state index in [1.165, 1.54) is 11.8 Å². The second kappa shape index (κ2) is 4.75. The van der Waals surface area contributed by atoms with E-state index in [1.807, 2.05) is 0 Å². The normalized spacial score (nSPS) is 18.0. The van der Waals surface area contributed by atoms with Gasteiger partial charge in [0.25, 0.3) is 5.91 Å². The molecule has 1 N–H and O–H groups in total. The van der Waals surface area contributed by atoms with E-state index >= 15 is 0 Å². The molecule has 6 heteroatoms. The van der Waals surface area contributed by atoms with Crippen LogP contribution in [0, 0.1) is 0 Å². The van der Waals surface area contributed by atoms with Gasteiger partial charge in [0.2, 0.25) is 0 Å². The summed E-state index contributed by atoms with van der Waals surface area (Å²) in [6.45, 7) is 0. The molecule has 0 atom stereocenters. The molecule has 1 aliphatic heterocycles. The second-order valence-corrected chi connectivity index (χ2v) is 5.58. The van der Waals surface area contributed by atoms with Crippen molar-refractivity contribution in [2.45, 2.75) is 0 Å². The lowest BCUT2D eigenvalue weighted by molar-refractivity contribution is -0.115. The number of halogens is 2. The molecule has 0 saturated carbocycles. The summed E-state index contributed by atoms with van der Waals surface area (Å²) >= 11 is 17.9. The third kappa shape index (κ3) is 2.58. The van der Waals surface area contributed by atoms with E-state index in [1.54, 1.807) is 24.3 Å². The second-order valence-electron chi connectivity index (χ2n) is 3.02. The first-order valence-corrected chi connectivity index (χ1v) is 6.24. The number of amides is 1. The molecule has 0 bridgehead atoms. The zero-order valence-corrected chi connectivity index (χ0v) is 10.9. The molecule has 0 aliphatic carbocycles. The predicted octanol–water partition coefficient (Wildman–Crippen LogP) is 3.48. The van der Waals surface area contributed by atoms with Gasteiger partial charge in [-0.05, 0) is 29.8 Å². The molecule has 0 unspecified atom stereocenters. The van der Waals surface area contributed by atoms with Gasteiger partial charge in [0, 0.05) is 10.0 Å². The van der Waals surface area contributed by atoms with Gasteiger partial charge in [-0.2, -0.15) is 0 Å². The molecular weight excluding hydrogens is 285 g/mol. The molecule has 1 amide bonds. The number of carbonyl (C=O) groups excluding carboxylic acids is 1. The van der Waals surface area contributed by atoms with Crippen LogP contribution in [0.1, 0.15) is 5.56 Å². The summed E-state index contributed by atoms with van der Waals surface area (Å²) in [5, 5.41) is 3.65. The first-order chi connectivity index (χ1) is 7.56. The Morgan fingerprint density at radius 1 is 1.38 bits per heavy atom. The molecule has 0 spiro atoms. The highest BCUT2D eigenvalue weighted by Crippen LogP contribution is 2.29. The molecule has 1 fully saturated rings. The van der Waals surface area contributed by atoms with E-state index in [9.17, 15) is 4.79 Å². The summed E-state index contributed by atoms with van der Waals surface area (Å²) in [6, 6.07) is 5.08. The number of nitrogens with one attached hydrogen (secondary N) is 1. The summed E-state index contributed by atoms with van der Waals surface area (Å²) in [5.74, 6) is -0.203. The van der Waals surface area contributed by atoms with Crippen LogP contribution in [0.2, 0.25) is 10.0 Å². The fourth-order valence-corrected chi connectivity index (χ4v) is 2.58. The van der Waals surface area contributed by atoms with Gasteiger partial charge in [0.15, 0.2) is 0 Å². The number of rotatable bonds is 1. The smallest absolute Gasteiger partial charge is 0.263 e. The summed E-state index contributed by atoms with van der Waals surface area (Å²) in [7, 11) is 0. The third-order valence-electron chi connectivity index (χ3n) is 1.89. The number of thioether (sulfide) groups is 1. The Kier molecular flexibility index (Phi) is 3.54. The average molecular weight is 290 g/mol. The van der Waals surface area contributed by atoms with Crippen molar-refractivity contribution in [2.24, 2.45) is 0 Å². The van der Waals surface area contributed by atoms with Gasteiger partial charge in [0.05, 0.1) is 4.91 Å². The summed E-state index contributed by atoms with van der Waals surface area (Å²) in [4.78, 5) is 11.9. The fourth-order valence-electron chi connectivity index (χ4n) is 1.19. The van der Waals surface area contributed by atoms with Crippen LogP contribution in [0.15, 0.2) is 23.1 Å². The molecule has 1 aromatic carbocycles. The molecular formula is C10H5Cl2NOS2. The molecule has 1 aliphatic rings. The number of hydrogen-bond acceptors (Lipinski definition) is 3. The van der Waals surface area contributed by atoms with Crippen molar-refractivity contribution >= 4 is 63.5 Å². The molecule has 0 aromatic heterocycles. The topological polar surface area (TPSA) is 29.1 Å². The Bertz CT molecular complexity index is 514. The van der Waals surface area contributed by atoms with E-state index in [0.717, 1.165) is 0 Å². The van der Waals surface area contributed by atoms with Gasteiger partial charge < -0.3 is 5.32 Å². The predicted molar refractivity (Wildman–Crippen MR) is 72.8 cm³/mol. The van der Waals surface area contributed by atoms with Crippen LogP contribution in [0.3, 0.4) is 0 Å². The molecule has 2 rings (SSSR count). The molecule has 82 valence electrons. The maximum Gasteiger partial charge on any atom is 0.263 e. The quantitative estimate of drug-likeness (QED) is 0.634. The minimum absolute atomic E-state index is 0.203. The van der Waals surface area contributed by atoms with Gasteiger partial charge in [-0.25, -0.2) is 0 Å². The van der Waals surface area contributed by atoms with E-state index < -0.39 is 0 Å². The van der Waals surface area contributed by atoms with E-state index in [-0.39, 0.29) is 5.91 Å². The van der Waals surface area contributed by atoms with Crippen LogP contribution >= 0.6 is 47.2 Å². The largest absolute Gasteiger partial charge is 0.307 e. The van der Waals surface area contributed by atoms with Crippen molar-refractivity contribution in [1.82, 2.24) is 5.32 Å². The highest BCUT2D eigenvalue weighted by Gasteiger charge is 2.22. The van der Waals surface area contributed by atoms with Crippen molar-refractivity contribution in [2.75, 3.05) is 0 Å². The van der Waals surface area contributed by atoms with Crippen molar-refractivity contribution in [3.8, 4) is 0 Å². The van der Waals surface area contributed by atoms with Crippen LogP contribution in [0.25, 0.3) is 6.08 Å². The Labute approximate surface area is 112 Å². The van der Waals surface area contributed by atoms with Crippen molar-refractivity contribution in [3.63, 3.8) is 0 Å². The van der Waals surface area contributed by atoms with E-state index in [0.29, 0.717) is 24.8 Å². The highest BCUT2D eigenvalue weighted by atomic mass is 35.5. The standard InChI is InChI=1S/C10H5Cl2NOS2/c11-6-1-2-7(12)5(3-6)4-8-9(14)13-10(15)16-8/h1-4H,(H,13,14,15). The first-order valence-electron chi connectivity index (χ1n) is 4.26. The lowest BCUT2D eigenvalue weighted by Gasteiger charge is -1.99. The Morgan fingerprint density at radius 3 is 2.75 bits per heavy atom. The Morgan fingerprint density at radius 2 is 2.12 bits per heavy atom. The molecule has 0 radical (unpaired) electrons. The molecule has 1 heterocycles. The van der Waals surface area contributed by atoms with Crippen LogP contribution in [0.4, 0.5) is 0 Å². The van der Waals surface area contributed by atoms with E-state index in [2.05, 4.69) is 5.32 Å². The van der Waals surface area contributed by atoms with Gasteiger partial charge in [-0.15, -0.1) is 0 Å². The maximum atomic E-state index is 11.4. The lowest BCUT2D eigenvalue weighted by Crippen LogP contribution is -2.17. The van der Waals surface area contributed by atoms with Gasteiger partial charge in [-0.3, -0.25) is 4.79 Å². The lowest BCUT2D eigenvalue weighted by atomic mass is 10.2. The van der Waals surface area contributed by atoms with Crippen molar-refractivity contribution in [1.29, 1.82) is 0 Å². The van der Waals surface area contributed by atoms with Crippen molar-refractivity contribution in [3.05, 3.63) is 38.7 Å². The Balaban J connectivity index is 2.39. The summed E-state index contributed by atoms with van der Waals surface area (Å²) < 4.78 is 0.453. The van der Waals surface area contributed by atoms with Crippen molar-refractivity contribution < 1.29 is 4.79 Å². The average Bonchev–Trinajstić information content (AvgIpc) is 2.51. The van der Waals surface area contributed by atoms with E-state index in [4.69, 9.17) is 35.4 Å². The molecule has 1 aromatic rings. The molecule has 1 saturated heterocycles. The monoisotopic (exact) mass is 289 g/mol. The summed E-state index contributed by atoms with van der Waals surface area (Å²) in [5.41, 5.74) is 0.705. The van der Waals surface area contributed by atoms with Gasteiger partial charge >= 0.3 is 0 Å². The number of carbonyl (C=O) groups is 1. The minimum atomic E-state index is -0.203. The zero-order chi connectivity index (χ0) is 11.7. The Hall–Kier alpha value is -0.550. The number of hydrogen-bond donors (Lipinski definition) is 1. The molecule has 16 heavy (non-hydrogen) atoms. The SMILES string of the molecule is O=C1NC(=S)SC1=Cc1cc(Cl)ccc1Cl. The van der Waals surface area contributed by atoms with Gasteiger partial charge in [0.1, 0.15) is 4.32 Å². The summed E-state index contributed by atoms with van der Waals surface area (Å²) in [6.07, 6.45) is 1.67. The van der Waals surface area contributed by atoms with Crippen LogP contribution in [-0.4, -0.2) is 10.2 Å². The first kappa shape index (κ1) is 11.9. The third-order valence-corrected chi connectivity index (χ3v) is 3.63. The fraction of sp³-hybridized carbons (Fsp3) is 0. The zero-order valence-electron chi connectivity index (χ0n) is 7.79. The minimum Gasteiger partial charge on any atom is -0.307 e. The number of benzene rings is 1. The molecule has 2 nitrogen and oxygen atoms in total. The van der Waals surface area contributed by atoms with Crippen LogP contribution < -0.4 is 5.32 Å². The maximum absolute atomic E-state index is 11.4.